The van der Waals surface area contributed by atoms with Gasteiger partial charge in [0.15, 0.2) is 0 Å². The van der Waals surface area contributed by atoms with Crippen molar-refractivity contribution in [2.75, 3.05) is 41.2 Å². The quantitative estimate of drug-likeness (QED) is 0.395. The van der Waals surface area contributed by atoms with E-state index >= 15 is 0 Å². The van der Waals surface area contributed by atoms with Gasteiger partial charge < -0.3 is 9.80 Å². The van der Waals surface area contributed by atoms with Crippen molar-refractivity contribution in [3.8, 4) is 0 Å². The molecule has 2 aromatic carbocycles. The number of alkyl halides is 2. The Bertz CT molecular complexity index is 877. The maximum absolute atomic E-state index is 6.12. The first kappa shape index (κ1) is 20.1. The van der Waals surface area contributed by atoms with Gasteiger partial charge in [-0.2, -0.15) is 0 Å². The Labute approximate surface area is 175 Å². The summed E-state index contributed by atoms with van der Waals surface area (Å²) in [6.45, 7) is 4.54. The van der Waals surface area contributed by atoms with Gasteiger partial charge in [0.1, 0.15) is 0 Å². The summed E-state index contributed by atoms with van der Waals surface area (Å²) in [5.74, 6) is 1.15. The molecule has 0 amide bonds. The molecule has 3 rings (SSSR count). The molecule has 0 unspecified atom stereocenters. The highest BCUT2D eigenvalue weighted by Crippen LogP contribution is 2.33. The van der Waals surface area contributed by atoms with Gasteiger partial charge in [-0.3, -0.25) is 4.98 Å². The lowest BCUT2D eigenvalue weighted by Crippen LogP contribution is -2.27. The molecule has 27 heavy (non-hydrogen) atoms. The van der Waals surface area contributed by atoms with Crippen LogP contribution in [0.15, 0.2) is 54.7 Å². The van der Waals surface area contributed by atoms with Gasteiger partial charge in [-0.25, -0.2) is 0 Å². The van der Waals surface area contributed by atoms with E-state index in [1.54, 1.807) is 0 Å². The molecule has 0 spiro atoms. The van der Waals surface area contributed by atoms with Crippen LogP contribution in [0.4, 0.5) is 17.1 Å². The average Bonchev–Trinajstić information content (AvgIpc) is 2.69. The van der Waals surface area contributed by atoms with Gasteiger partial charge >= 0.3 is 0 Å². The number of hydrogen-bond donors (Lipinski definition) is 0. The van der Waals surface area contributed by atoms with E-state index in [0.29, 0.717) is 16.8 Å². The number of nitrogens with zero attached hydrogens (tertiary/aromatic N) is 3. The Kier molecular flexibility index (Phi) is 7.06. The second kappa shape index (κ2) is 9.50. The van der Waals surface area contributed by atoms with Crippen molar-refractivity contribution < 1.29 is 0 Å². The van der Waals surface area contributed by atoms with Gasteiger partial charge in [0.2, 0.25) is 0 Å². The standard InChI is InChI=1S/C21H22Cl3N3/c1-2-27(21-9-12-25-20-15-16(24)3-8-19(20)21)18-6-4-17(5-7-18)26(13-10-22)14-11-23/h3-9,12,15H,2,10-11,13-14H2,1H3. The zero-order valence-corrected chi connectivity index (χ0v) is 17.5. The van der Waals surface area contributed by atoms with Crippen LogP contribution in [0.2, 0.25) is 5.02 Å². The first-order valence-corrected chi connectivity index (χ1v) is 10.4. The lowest BCUT2D eigenvalue weighted by Gasteiger charge is -2.27. The smallest absolute Gasteiger partial charge is 0.0737 e. The molecule has 0 aliphatic rings. The van der Waals surface area contributed by atoms with Crippen molar-refractivity contribution in [3.63, 3.8) is 0 Å². The number of anilines is 3. The number of hydrogen-bond acceptors (Lipinski definition) is 3. The largest absolute Gasteiger partial charge is 0.369 e. The molecule has 0 atom stereocenters. The molecule has 0 N–H and O–H groups in total. The van der Waals surface area contributed by atoms with Gasteiger partial charge in [0, 0.05) is 59.4 Å². The Morgan fingerprint density at radius 1 is 0.889 bits per heavy atom. The molecular formula is C21H22Cl3N3. The van der Waals surface area contributed by atoms with Crippen molar-refractivity contribution in [3.05, 3.63) is 59.8 Å². The number of halogens is 3. The Morgan fingerprint density at radius 3 is 2.19 bits per heavy atom. The third-order valence-corrected chi connectivity index (χ3v) is 5.10. The maximum atomic E-state index is 6.12. The minimum Gasteiger partial charge on any atom is -0.369 e. The van der Waals surface area contributed by atoms with Crippen LogP contribution in [0, 0.1) is 0 Å². The number of aromatic nitrogens is 1. The summed E-state index contributed by atoms with van der Waals surface area (Å²) < 4.78 is 0. The van der Waals surface area contributed by atoms with Crippen molar-refractivity contribution in [2.24, 2.45) is 0 Å². The fourth-order valence-electron chi connectivity index (χ4n) is 3.25. The van der Waals surface area contributed by atoms with E-state index in [1.165, 1.54) is 0 Å². The highest BCUT2D eigenvalue weighted by Gasteiger charge is 2.13. The zero-order valence-electron chi connectivity index (χ0n) is 15.2. The molecule has 0 saturated heterocycles. The van der Waals surface area contributed by atoms with Crippen molar-refractivity contribution in [1.29, 1.82) is 0 Å². The van der Waals surface area contributed by atoms with Crippen LogP contribution in [-0.2, 0) is 0 Å². The van der Waals surface area contributed by atoms with E-state index in [2.05, 4.69) is 46.0 Å². The molecule has 0 aliphatic heterocycles. The molecule has 3 nitrogen and oxygen atoms in total. The molecule has 0 saturated carbocycles. The van der Waals surface area contributed by atoms with Crippen LogP contribution in [0.25, 0.3) is 10.9 Å². The molecule has 0 radical (unpaired) electrons. The summed E-state index contributed by atoms with van der Waals surface area (Å²) in [6, 6.07) is 16.4. The first-order valence-electron chi connectivity index (χ1n) is 8.96. The van der Waals surface area contributed by atoms with E-state index in [-0.39, 0.29) is 0 Å². The average molecular weight is 423 g/mol. The molecule has 0 fully saturated rings. The highest BCUT2D eigenvalue weighted by atomic mass is 35.5. The zero-order chi connectivity index (χ0) is 19.2. The minimum atomic E-state index is 0.575. The molecule has 3 aromatic rings. The van der Waals surface area contributed by atoms with Crippen LogP contribution in [0.5, 0.6) is 0 Å². The number of pyridine rings is 1. The molecule has 0 aliphatic carbocycles. The predicted molar refractivity (Wildman–Crippen MR) is 120 cm³/mol. The first-order chi connectivity index (χ1) is 13.2. The summed E-state index contributed by atoms with van der Waals surface area (Å²) in [7, 11) is 0. The molecule has 1 aromatic heterocycles. The van der Waals surface area contributed by atoms with Crippen LogP contribution in [0.1, 0.15) is 6.92 Å². The lowest BCUT2D eigenvalue weighted by molar-refractivity contribution is 0.873. The third kappa shape index (κ3) is 4.60. The Morgan fingerprint density at radius 2 is 1.56 bits per heavy atom. The second-order valence-electron chi connectivity index (χ2n) is 6.12. The summed E-state index contributed by atoms with van der Waals surface area (Å²) in [5, 5.41) is 1.77. The van der Waals surface area contributed by atoms with Crippen LogP contribution < -0.4 is 9.80 Å². The van der Waals surface area contributed by atoms with Crippen molar-refractivity contribution in [1.82, 2.24) is 4.98 Å². The second-order valence-corrected chi connectivity index (χ2v) is 7.31. The van der Waals surface area contributed by atoms with Crippen LogP contribution >= 0.6 is 34.8 Å². The number of fused-ring (bicyclic) bond motifs is 1. The number of rotatable bonds is 8. The van der Waals surface area contributed by atoms with Gasteiger partial charge in [-0.05, 0) is 55.5 Å². The SMILES string of the molecule is CCN(c1ccc(N(CCCl)CCCl)cc1)c1ccnc2cc(Cl)ccc12. The van der Waals surface area contributed by atoms with Gasteiger partial charge in [0.25, 0.3) is 0 Å². The van der Waals surface area contributed by atoms with E-state index < -0.39 is 0 Å². The minimum absolute atomic E-state index is 0.575. The predicted octanol–water partition coefficient (Wildman–Crippen LogP) is 6.33. The summed E-state index contributed by atoms with van der Waals surface area (Å²) in [6.07, 6.45) is 1.83. The normalized spacial score (nSPS) is 11.0. The van der Waals surface area contributed by atoms with E-state index in [0.717, 1.165) is 47.6 Å². The summed E-state index contributed by atoms with van der Waals surface area (Å²) in [4.78, 5) is 8.92. The summed E-state index contributed by atoms with van der Waals surface area (Å²) >= 11 is 18.0. The van der Waals surface area contributed by atoms with Crippen molar-refractivity contribution >= 4 is 62.8 Å². The molecular weight excluding hydrogens is 401 g/mol. The fourth-order valence-corrected chi connectivity index (χ4v) is 3.83. The fraction of sp³-hybridized carbons (Fsp3) is 0.286. The summed E-state index contributed by atoms with van der Waals surface area (Å²) in [5.41, 5.74) is 4.26. The van der Waals surface area contributed by atoms with Crippen LogP contribution in [0.3, 0.4) is 0 Å². The Hall–Kier alpha value is -1.68. The number of benzene rings is 2. The van der Waals surface area contributed by atoms with E-state index in [4.69, 9.17) is 34.8 Å². The lowest BCUT2D eigenvalue weighted by atomic mass is 10.1. The maximum Gasteiger partial charge on any atom is 0.0737 e. The molecule has 6 heteroatoms. The van der Waals surface area contributed by atoms with E-state index in [1.807, 2.05) is 30.5 Å². The van der Waals surface area contributed by atoms with Gasteiger partial charge in [0.05, 0.1) is 11.2 Å². The van der Waals surface area contributed by atoms with E-state index in [9.17, 15) is 0 Å². The highest BCUT2D eigenvalue weighted by molar-refractivity contribution is 6.31. The molecule has 0 bridgehead atoms. The molecule has 142 valence electrons. The Balaban J connectivity index is 1.94. The van der Waals surface area contributed by atoms with Crippen molar-refractivity contribution in [2.45, 2.75) is 6.92 Å². The van der Waals surface area contributed by atoms with Gasteiger partial charge in [-0.1, -0.05) is 11.6 Å². The topological polar surface area (TPSA) is 19.4 Å². The third-order valence-electron chi connectivity index (χ3n) is 4.52. The monoisotopic (exact) mass is 421 g/mol. The molecule has 1 heterocycles. The van der Waals surface area contributed by atoms with Crippen LogP contribution in [-0.4, -0.2) is 36.4 Å². The van der Waals surface area contributed by atoms with Gasteiger partial charge in [-0.15, -0.1) is 23.2 Å².